The van der Waals surface area contributed by atoms with Gasteiger partial charge in [0.05, 0.1) is 18.1 Å². The Hall–Kier alpha value is -3.61. The molecule has 0 saturated heterocycles. The zero-order valence-corrected chi connectivity index (χ0v) is 19.5. The Morgan fingerprint density at radius 2 is 1.82 bits per heavy atom. The van der Waals surface area contributed by atoms with E-state index in [2.05, 4.69) is 30.2 Å². The van der Waals surface area contributed by atoms with Gasteiger partial charge in [-0.2, -0.15) is 13.2 Å². The Morgan fingerprint density at radius 1 is 1.06 bits per heavy atom. The molecular weight excluding hydrogens is 439 g/mol. The van der Waals surface area contributed by atoms with Gasteiger partial charge in [-0.1, -0.05) is 53.6 Å². The zero-order chi connectivity index (χ0) is 24.7. The number of rotatable bonds is 8. The second kappa shape index (κ2) is 11.0. The highest BCUT2D eigenvalue weighted by molar-refractivity contribution is 5.93. The maximum absolute atomic E-state index is 13.5. The molecular formula is C27H28F3N3O. The number of halogens is 3. The summed E-state index contributed by atoms with van der Waals surface area (Å²) in [6, 6.07) is 12.1. The lowest BCUT2D eigenvalue weighted by atomic mass is 9.99. The van der Waals surface area contributed by atoms with Crippen LogP contribution >= 0.6 is 0 Å². The maximum atomic E-state index is 13.5. The average molecular weight is 468 g/mol. The molecule has 3 rings (SSSR count). The highest BCUT2D eigenvalue weighted by Gasteiger charge is 2.33. The Balaban J connectivity index is 1.78. The number of hydrogen-bond acceptors (Lipinski definition) is 2. The summed E-state index contributed by atoms with van der Waals surface area (Å²) in [5, 5.41) is 2.86. The first-order chi connectivity index (χ1) is 16.2. The summed E-state index contributed by atoms with van der Waals surface area (Å²) in [5.41, 5.74) is 3.09. The molecule has 1 amide bonds. The molecule has 1 aromatic heterocycles. The van der Waals surface area contributed by atoms with Crippen LogP contribution in [0.1, 0.15) is 49.7 Å². The second-order valence-corrected chi connectivity index (χ2v) is 8.32. The summed E-state index contributed by atoms with van der Waals surface area (Å²) in [6.07, 6.45) is 4.48. The SMILES string of the molecule is CC(C)=CCCC(C)=CCNC(=O)c1cncn1-c1cccc(-c2ccccc2C(F)(F)F)c1. The molecule has 0 aliphatic rings. The van der Waals surface area contributed by atoms with E-state index in [0.717, 1.165) is 18.9 Å². The van der Waals surface area contributed by atoms with Crippen molar-refractivity contribution in [3.63, 3.8) is 0 Å². The highest BCUT2D eigenvalue weighted by atomic mass is 19.4. The van der Waals surface area contributed by atoms with Crippen LogP contribution in [-0.2, 0) is 6.18 Å². The van der Waals surface area contributed by atoms with Gasteiger partial charge in [0.1, 0.15) is 5.69 Å². The number of nitrogens with zero attached hydrogens (tertiary/aromatic N) is 2. The first-order valence-corrected chi connectivity index (χ1v) is 11.0. The molecule has 0 atom stereocenters. The van der Waals surface area contributed by atoms with E-state index in [1.807, 2.05) is 13.0 Å². The molecule has 0 fully saturated rings. The van der Waals surface area contributed by atoms with Crippen LogP contribution in [0.4, 0.5) is 13.2 Å². The van der Waals surface area contributed by atoms with Crippen molar-refractivity contribution in [3.05, 3.63) is 95.6 Å². The van der Waals surface area contributed by atoms with E-state index < -0.39 is 11.7 Å². The lowest BCUT2D eigenvalue weighted by Gasteiger charge is -2.14. The molecule has 1 N–H and O–H groups in total. The molecule has 2 aromatic carbocycles. The van der Waals surface area contributed by atoms with Crippen LogP contribution in [0.25, 0.3) is 16.8 Å². The molecule has 7 heteroatoms. The Labute approximate surface area is 197 Å². The van der Waals surface area contributed by atoms with Gasteiger partial charge in [-0.3, -0.25) is 9.36 Å². The summed E-state index contributed by atoms with van der Waals surface area (Å²) in [6.45, 7) is 6.53. The van der Waals surface area contributed by atoms with Crippen molar-refractivity contribution in [1.29, 1.82) is 0 Å². The zero-order valence-electron chi connectivity index (χ0n) is 19.5. The van der Waals surface area contributed by atoms with Crippen molar-refractivity contribution in [3.8, 4) is 16.8 Å². The number of carbonyl (C=O) groups excluding carboxylic acids is 1. The predicted molar refractivity (Wildman–Crippen MR) is 129 cm³/mol. The van der Waals surface area contributed by atoms with Gasteiger partial charge in [-0.15, -0.1) is 0 Å². The Kier molecular flexibility index (Phi) is 8.10. The maximum Gasteiger partial charge on any atom is 0.417 e. The van der Waals surface area contributed by atoms with Crippen LogP contribution in [-0.4, -0.2) is 22.0 Å². The number of alkyl halides is 3. The van der Waals surface area contributed by atoms with Crippen LogP contribution in [0, 0.1) is 0 Å². The molecule has 0 aliphatic carbocycles. The first kappa shape index (κ1) is 25.0. The van der Waals surface area contributed by atoms with Crippen molar-refractivity contribution in [2.24, 2.45) is 0 Å². The molecule has 0 radical (unpaired) electrons. The summed E-state index contributed by atoms with van der Waals surface area (Å²) in [5.74, 6) is -0.313. The normalized spacial score (nSPS) is 11.9. The van der Waals surface area contributed by atoms with E-state index >= 15 is 0 Å². The fourth-order valence-corrected chi connectivity index (χ4v) is 3.57. The third kappa shape index (κ3) is 6.47. The van der Waals surface area contributed by atoms with Gasteiger partial charge in [0, 0.05) is 12.2 Å². The minimum absolute atomic E-state index is 0.0803. The number of aromatic nitrogens is 2. The second-order valence-electron chi connectivity index (χ2n) is 8.32. The third-order valence-corrected chi connectivity index (χ3v) is 5.34. The van der Waals surface area contributed by atoms with Crippen LogP contribution in [0.3, 0.4) is 0 Å². The largest absolute Gasteiger partial charge is 0.417 e. The number of allylic oxidation sites excluding steroid dienone is 3. The van der Waals surface area contributed by atoms with Crippen LogP contribution in [0.15, 0.2) is 84.4 Å². The molecule has 178 valence electrons. The number of carbonyl (C=O) groups is 1. The molecule has 1 heterocycles. The van der Waals surface area contributed by atoms with E-state index in [1.54, 1.807) is 34.9 Å². The lowest BCUT2D eigenvalue weighted by molar-refractivity contribution is -0.137. The molecule has 0 spiro atoms. The van der Waals surface area contributed by atoms with Crippen molar-refractivity contribution >= 4 is 5.91 Å². The summed E-state index contributed by atoms with van der Waals surface area (Å²) >= 11 is 0. The minimum Gasteiger partial charge on any atom is -0.347 e. The van der Waals surface area contributed by atoms with E-state index in [-0.39, 0.29) is 11.5 Å². The fourth-order valence-electron chi connectivity index (χ4n) is 3.57. The first-order valence-electron chi connectivity index (χ1n) is 11.0. The van der Waals surface area contributed by atoms with Gasteiger partial charge < -0.3 is 5.32 Å². The standard InChI is InChI=1S/C27H28F3N3O/c1-19(2)8-6-9-20(3)14-15-32-26(34)25-17-31-18-33(25)22-11-7-10-21(16-22)23-12-4-5-13-24(23)27(28,29)30/h4-5,7-8,10-14,16-18H,6,9,15H2,1-3H3,(H,32,34). The number of benzene rings is 2. The number of amides is 1. The van der Waals surface area contributed by atoms with Crippen molar-refractivity contribution in [2.45, 2.75) is 39.8 Å². The topological polar surface area (TPSA) is 46.9 Å². The molecule has 34 heavy (non-hydrogen) atoms. The summed E-state index contributed by atoms with van der Waals surface area (Å²) in [7, 11) is 0. The van der Waals surface area contributed by atoms with Crippen LogP contribution < -0.4 is 5.32 Å². The Morgan fingerprint density at radius 3 is 2.56 bits per heavy atom. The van der Waals surface area contributed by atoms with Gasteiger partial charge in [0.15, 0.2) is 0 Å². The highest BCUT2D eigenvalue weighted by Crippen LogP contribution is 2.37. The molecule has 0 bridgehead atoms. The summed E-state index contributed by atoms with van der Waals surface area (Å²) in [4.78, 5) is 16.8. The van der Waals surface area contributed by atoms with Crippen LogP contribution in [0.2, 0.25) is 0 Å². The summed E-state index contributed by atoms with van der Waals surface area (Å²) < 4.78 is 42.0. The molecule has 0 aliphatic heterocycles. The molecule has 3 aromatic rings. The van der Waals surface area contributed by atoms with Crippen molar-refractivity contribution in [2.75, 3.05) is 6.54 Å². The van der Waals surface area contributed by atoms with E-state index in [0.29, 0.717) is 23.5 Å². The van der Waals surface area contributed by atoms with Gasteiger partial charge in [-0.05, 0) is 62.9 Å². The Bertz CT molecular complexity index is 1200. The van der Waals surface area contributed by atoms with Gasteiger partial charge in [0.2, 0.25) is 0 Å². The van der Waals surface area contributed by atoms with Gasteiger partial charge in [0.25, 0.3) is 5.91 Å². The third-order valence-electron chi connectivity index (χ3n) is 5.34. The average Bonchev–Trinajstić information content (AvgIpc) is 3.28. The molecule has 4 nitrogen and oxygen atoms in total. The minimum atomic E-state index is -4.47. The smallest absolute Gasteiger partial charge is 0.347 e. The molecule has 0 saturated carbocycles. The quantitative estimate of drug-likeness (QED) is 0.363. The van der Waals surface area contributed by atoms with E-state index in [4.69, 9.17) is 0 Å². The number of imidazole rings is 1. The van der Waals surface area contributed by atoms with E-state index in [1.165, 1.54) is 35.8 Å². The van der Waals surface area contributed by atoms with Crippen molar-refractivity contribution < 1.29 is 18.0 Å². The van der Waals surface area contributed by atoms with Gasteiger partial charge in [-0.25, -0.2) is 4.98 Å². The predicted octanol–water partition coefficient (Wildman–Crippen LogP) is 6.98. The van der Waals surface area contributed by atoms with Gasteiger partial charge >= 0.3 is 6.18 Å². The van der Waals surface area contributed by atoms with Crippen LogP contribution in [0.5, 0.6) is 0 Å². The van der Waals surface area contributed by atoms with Crippen molar-refractivity contribution in [1.82, 2.24) is 14.9 Å². The number of hydrogen-bond donors (Lipinski definition) is 1. The van der Waals surface area contributed by atoms with E-state index in [9.17, 15) is 18.0 Å². The monoisotopic (exact) mass is 467 g/mol. The fraction of sp³-hybridized carbons (Fsp3) is 0.259. The molecule has 0 unspecified atom stereocenters. The lowest BCUT2D eigenvalue weighted by Crippen LogP contribution is -2.25. The number of nitrogens with one attached hydrogen (secondary N) is 1.